The largest absolute Gasteiger partial charge is 0.493 e. The van der Waals surface area contributed by atoms with Gasteiger partial charge in [-0.25, -0.2) is 4.68 Å². The van der Waals surface area contributed by atoms with E-state index in [4.69, 9.17) is 9.47 Å². The van der Waals surface area contributed by atoms with Crippen LogP contribution in [0.25, 0.3) is 0 Å². The summed E-state index contributed by atoms with van der Waals surface area (Å²) in [6.07, 6.45) is 1.39. The van der Waals surface area contributed by atoms with Crippen molar-refractivity contribution in [3.63, 3.8) is 0 Å². The third kappa shape index (κ3) is 4.79. The Hall–Kier alpha value is -3.42. The summed E-state index contributed by atoms with van der Waals surface area (Å²) in [5, 5.41) is 13.4. The molecule has 1 aromatic heterocycles. The predicted octanol–water partition coefficient (Wildman–Crippen LogP) is 1.58. The molecule has 3 rings (SSSR count). The van der Waals surface area contributed by atoms with Gasteiger partial charge in [-0.15, -0.1) is 5.10 Å². The summed E-state index contributed by atoms with van der Waals surface area (Å²) in [6, 6.07) is 15.5. The van der Waals surface area contributed by atoms with E-state index in [0.29, 0.717) is 24.7 Å². The molecule has 0 atom stereocenters. The number of nitrogens with one attached hydrogen (secondary N) is 1. The highest BCUT2D eigenvalue weighted by molar-refractivity contribution is 5.75. The van der Waals surface area contributed by atoms with E-state index in [1.54, 1.807) is 7.11 Å². The molecule has 0 saturated heterocycles. The number of ether oxygens (including phenoxy) is 2. The number of amides is 1. The molecule has 0 aliphatic heterocycles. The molecular weight excluding hydrogens is 334 g/mol. The molecule has 2 aromatic carbocycles. The average molecular weight is 353 g/mol. The number of aromatic nitrogens is 4. The lowest BCUT2D eigenvalue weighted by molar-refractivity contribution is -0.122. The lowest BCUT2D eigenvalue weighted by Gasteiger charge is -2.13. The summed E-state index contributed by atoms with van der Waals surface area (Å²) in [5.41, 5.74) is 1.98. The van der Waals surface area contributed by atoms with E-state index in [0.717, 1.165) is 11.1 Å². The Kier molecular flexibility index (Phi) is 5.76. The van der Waals surface area contributed by atoms with Crippen molar-refractivity contribution < 1.29 is 14.3 Å². The Balaban J connectivity index is 1.56. The van der Waals surface area contributed by atoms with Crippen LogP contribution >= 0.6 is 0 Å². The third-order valence-corrected chi connectivity index (χ3v) is 3.65. The van der Waals surface area contributed by atoms with Crippen molar-refractivity contribution in [2.45, 2.75) is 19.7 Å². The number of carbonyl (C=O) groups excluding carboxylic acids is 1. The molecule has 0 radical (unpaired) electrons. The van der Waals surface area contributed by atoms with Crippen LogP contribution in [-0.2, 0) is 24.5 Å². The van der Waals surface area contributed by atoms with Gasteiger partial charge in [-0.3, -0.25) is 4.79 Å². The van der Waals surface area contributed by atoms with Crippen LogP contribution in [0.3, 0.4) is 0 Å². The highest BCUT2D eigenvalue weighted by Gasteiger charge is 2.08. The van der Waals surface area contributed by atoms with Gasteiger partial charge in [0.15, 0.2) is 11.5 Å². The van der Waals surface area contributed by atoms with Gasteiger partial charge in [-0.05, 0) is 33.7 Å². The summed E-state index contributed by atoms with van der Waals surface area (Å²) >= 11 is 0. The molecule has 0 saturated carbocycles. The van der Waals surface area contributed by atoms with Crippen LogP contribution in [0.5, 0.6) is 11.5 Å². The second-order valence-corrected chi connectivity index (χ2v) is 5.54. The first-order chi connectivity index (χ1) is 12.7. The molecule has 26 heavy (non-hydrogen) atoms. The summed E-state index contributed by atoms with van der Waals surface area (Å²) in [4.78, 5) is 11.9. The third-order valence-electron chi connectivity index (χ3n) is 3.65. The molecular formula is C18H19N5O3. The van der Waals surface area contributed by atoms with Gasteiger partial charge in [0, 0.05) is 6.54 Å². The molecule has 0 fully saturated rings. The number of benzene rings is 2. The zero-order valence-corrected chi connectivity index (χ0v) is 14.3. The van der Waals surface area contributed by atoms with E-state index in [2.05, 4.69) is 20.8 Å². The number of rotatable bonds is 8. The van der Waals surface area contributed by atoms with Crippen molar-refractivity contribution in [1.29, 1.82) is 0 Å². The zero-order valence-electron chi connectivity index (χ0n) is 14.3. The number of tetrazole rings is 1. The van der Waals surface area contributed by atoms with E-state index in [1.807, 2.05) is 48.5 Å². The average Bonchev–Trinajstić information content (AvgIpc) is 3.18. The predicted molar refractivity (Wildman–Crippen MR) is 93.4 cm³/mol. The molecule has 8 heteroatoms. The maximum Gasteiger partial charge on any atom is 0.242 e. The Morgan fingerprint density at radius 1 is 1.12 bits per heavy atom. The SMILES string of the molecule is COc1cc(CNC(=O)Cn2cnnn2)ccc1OCc1ccccc1. The maximum absolute atomic E-state index is 11.9. The number of hydrogen-bond acceptors (Lipinski definition) is 6. The molecule has 8 nitrogen and oxygen atoms in total. The first-order valence-corrected chi connectivity index (χ1v) is 8.05. The molecule has 0 spiro atoms. The van der Waals surface area contributed by atoms with Crippen molar-refractivity contribution in [2.75, 3.05) is 7.11 Å². The molecule has 134 valence electrons. The highest BCUT2D eigenvalue weighted by atomic mass is 16.5. The van der Waals surface area contributed by atoms with E-state index in [-0.39, 0.29) is 12.5 Å². The molecule has 3 aromatic rings. The monoisotopic (exact) mass is 353 g/mol. The Bertz CT molecular complexity index is 837. The standard InChI is InChI=1S/C18H19N5O3/c1-25-17-9-15(10-19-18(24)11-23-13-20-21-22-23)7-8-16(17)26-12-14-5-3-2-4-6-14/h2-9,13H,10-12H2,1H3,(H,19,24). The van der Waals surface area contributed by atoms with E-state index in [9.17, 15) is 4.79 Å². The van der Waals surface area contributed by atoms with Gasteiger partial charge in [0.1, 0.15) is 19.5 Å². The first-order valence-electron chi connectivity index (χ1n) is 8.05. The topological polar surface area (TPSA) is 91.2 Å². The highest BCUT2D eigenvalue weighted by Crippen LogP contribution is 2.28. The number of hydrogen-bond donors (Lipinski definition) is 1. The van der Waals surface area contributed by atoms with Crippen LogP contribution in [0.15, 0.2) is 54.9 Å². The summed E-state index contributed by atoms with van der Waals surface area (Å²) in [6.45, 7) is 0.901. The van der Waals surface area contributed by atoms with Crippen LogP contribution < -0.4 is 14.8 Å². The van der Waals surface area contributed by atoms with Gasteiger partial charge < -0.3 is 14.8 Å². The fourth-order valence-corrected chi connectivity index (χ4v) is 2.33. The van der Waals surface area contributed by atoms with Crippen LogP contribution in [0.4, 0.5) is 0 Å². The molecule has 0 aliphatic carbocycles. The lowest BCUT2D eigenvalue weighted by atomic mass is 10.2. The summed E-state index contributed by atoms with van der Waals surface area (Å²) in [7, 11) is 1.59. The minimum atomic E-state index is -0.180. The Labute approximate surface area is 150 Å². The van der Waals surface area contributed by atoms with Crippen molar-refractivity contribution in [3.8, 4) is 11.5 Å². The van der Waals surface area contributed by atoms with Gasteiger partial charge in [-0.2, -0.15) is 0 Å². The van der Waals surface area contributed by atoms with Crippen LogP contribution in [0, 0.1) is 0 Å². The summed E-state index contributed by atoms with van der Waals surface area (Å²) in [5.74, 6) is 1.09. The van der Waals surface area contributed by atoms with Gasteiger partial charge in [0.25, 0.3) is 0 Å². The van der Waals surface area contributed by atoms with Gasteiger partial charge in [0.2, 0.25) is 5.91 Å². The van der Waals surface area contributed by atoms with E-state index in [1.165, 1.54) is 11.0 Å². The number of methoxy groups -OCH3 is 1. The minimum absolute atomic E-state index is 0.0718. The first kappa shape index (κ1) is 17.4. The smallest absolute Gasteiger partial charge is 0.242 e. The van der Waals surface area contributed by atoms with Crippen LogP contribution in [0.2, 0.25) is 0 Å². The molecule has 1 heterocycles. The second kappa shape index (κ2) is 8.61. The van der Waals surface area contributed by atoms with Gasteiger partial charge in [-0.1, -0.05) is 36.4 Å². The van der Waals surface area contributed by atoms with Crippen molar-refractivity contribution in [2.24, 2.45) is 0 Å². The van der Waals surface area contributed by atoms with Crippen LogP contribution in [-0.4, -0.2) is 33.2 Å². The van der Waals surface area contributed by atoms with Crippen molar-refractivity contribution in [3.05, 3.63) is 66.0 Å². The lowest BCUT2D eigenvalue weighted by Crippen LogP contribution is -2.27. The Morgan fingerprint density at radius 2 is 1.96 bits per heavy atom. The molecule has 1 amide bonds. The second-order valence-electron chi connectivity index (χ2n) is 5.54. The minimum Gasteiger partial charge on any atom is -0.493 e. The molecule has 0 aliphatic rings. The van der Waals surface area contributed by atoms with Crippen molar-refractivity contribution in [1.82, 2.24) is 25.5 Å². The molecule has 0 bridgehead atoms. The van der Waals surface area contributed by atoms with E-state index < -0.39 is 0 Å². The van der Waals surface area contributed by atoms with Gasteiger partial charge >= 0.3 is 0 Å². The number of nitrogens with zero attached hydrogens (tertiary/aromatic N) is 4. The Morgan fingerprint density at radius 3 is 2.69 bits per heavy atom. The van der Waals surface area contributed by atoms with Crippen LogP contribution in [0.1, 0.15) is 11.1 Å². The van der Waals surface area contributed by atoms with Gasteiger partial charge in [0.05, 0.1) is 7.11 Å². The fourth-order valence-electron chi connectivity index (χ4n) is 2.33. The van der Waals surface area contributed by atoms with E-state index >= 15 is 0 Å². The maximum atomic E-state index is 11.9. The summed E-state index contributed by atoms with van der Waals surface area (Å²) < 4.78 is 12.6. The molecule has 0 unspecified atom stereocenters. The quantitative estimate of drug-likeness (QED) is 0.661. The fraction of sp³-hybridized carbons (Fsp3) is 0.222. The number of carbonyl (C=O) groups is 1. The normalized spacial score (nSPS) is 10.3. The van der Waals surface area contributed by atoms with Crippen molar-refractivity contribution >= 4 is 5.91 Å². The molecule has 1 N–H and O–H groups in total. The zero-order chi connectivity index (χ0) is 18.2.